The van der Waals surface area contributed by atoms with Crippen LogP contribution >= 0.6 is 11.8 Å². The molecule has 7 heteroatoms. The van der Waals surface area contributed by atoms with Crippen molar-refractivity contribution in [2.45, 2.75) is 23.7 Å². The van der Waals surface area contributed by atoms with Crippen LogP contribution in [0, 0.1) is 0 Å². The Hall–Kier alpha value is -0.790. The maximum Gasteiger partial charge on any atom is 0.274 e. The largest absolute Gasteiger partial charge is 0.440 e. The van der Waals surface area contributed by atoms with Gasteiger partial charge in [0.05, 0.1) is 0 Å². The highest BCUT2D eigenvalue weighted by atomic mass is 32.2. The van der Waals surface area contributed by atoms with Crippen LogP contribution in [0.3, 0.4) is 0 Å². The molecule has 96 valence electrons. The van der Waals surface area contributed by atoms with Gasteiger partial charge in [0.2, 0.25) is 5.09 Å². The van der Waals surface area contributed by atoms with Gasteiger partial charge in [0, 0.05) is 11.3 Å². The molecule has 1 rings (SSSR count). The van der Waals surface area contributed by atoms with Gasteiger partial charge in [-0.1, -0.05) is 0 Å². The number of sulfonamides is 1. The normalized spacial score (nSPS) is 12.6. The molecule has 0 bridgehead atoms. The van der Waals surface area contributed by atoms with Gasteiger partial charge >= 0.3 is 0 Å². The molecule has 0 saturated heterocycles. The van der Waals surface area contributed by atoms with Crippen LogP contribution in [0.1, 0.15) is 24.4 Å². The van der Waals surface area contributed by atoms with E-state index >= 15 is 0 Å². The molecule has 1 aromatic heterocycles. The average Bonchev–Trinajstić information content (AvgIpc) is 2.76. The molecule has 0 spiro atoms. The van der Waals surface area contributed by atoms with E-state index in [9.17, 15) is 13.2 Å². The van der Waals surface area contributed by atoms with Crippen LogP contribution in [0.4, 0.5) is 0 Å². The molecule has 0 aliphatic carbocycles. The van der Waals surface area contributed by atoms with Crippen molar-refractivity contribution in [3.05, 3.63) is 17.9 Å². The van der Waals surface area contributed by atoms with Crippen molar-refractivity contribution < 1.29 is 17.6 Å². The van der Waals surface area contributed by atoms with Crippen molar-refractivity contribution >= 4 is 28.1 Å². The third-order valence-electron chi connectivity index (χ3n) is 2.22. The monoisotopic (exact) mass is 277 g/mol. The van der Waals surface area contributed by atoms with Crippen LogP contribution in [0.5, 0.6) is 0 Å². The Morgan fingerprint density at radius 1 is 1.47 bits per heavy atom. The van der Waals surface area contributed by atoms with Gasteiger partial charge in [-0.2, -0.15) is 11.8 Å². The van der Waals surface area contributed by atoms with Crippen molar-refractivity contribution in [3.8, 4) is 0 Å². The van der Waals surface area contributed by atoms with Gasteiger partial charge in [-0.3, -0.25) is 4.79 Å². The SMILES string of the molecule is CSC(C)(C)CNS(=O)(=O)c1ccc(C=O)o1. The minimum Gasteiger partial charge on any atom is -0.440 e. The summed E-state index contributed by atoms with van der Waals surface area (Å²) in [5.41, 5.74) is 0. The Bertz CT molecular complexity index is 490. The number of carbonyl (C=O) groups is 1. The van der Waals surface area contributed by atoms with Crippen molar-refractivity contribution in [3.63, 3.8) is 0 Å². The summed E-state index contributed by atoms with van der Waals surface area (Å²) in [6.07, 6.45) is 2.37. The Morgan fingerprint density at radius 2 is 2.12 bits per heavy atom. The van der Waals surface area contributed by atoms with Crippen LogP contribution in [-0.4, -0.2) is 32.3 Å². The molecule has 0 amide bonds. The van der Waals surface area contributed by atoms with E-state index in [0.717, 1.165) is 0 Å². The zero-order valence-corrected chi connectivity index (χ0v) is 11.5. The lowest BCUT2D eigenvalue weighted by atomic mass is 10.2. The highest BCUT2D eigenvalue weighted by Crippen LogP contribution is 2.21. The number of furan rings is 1. The molecule has 0 saturated carbocycles. The van der Waals surface area contributed by atoms with Crippen molar-refractivity contribution in [1.82, 2.24) is 4.72 Å². The van der Waals surface area contributed by atoms with Gasteiger partial charge < -0.3 is 4.42 Å². The lowest BCUT2D eigenvalue weighted by Gasteiger charge is -2.21. The smallest absolute Gasteiger partial charge is 0.274 e. The summed E-state index contributed by atoms with van der Waals surface area (Å²) in [6.45, 7) is 4.14. The fourth-order valence-electron chi connectivity index (χ4n) is 0.954. The second-order valence-corrected chi connectivity index (χ2v) is 7.27. The Morgan fingerprint density at radius 3 is 2.59 bits per heavy atom. The highest BCUT2D eigenvalue weighted by Gasteiger charge is 2.23. The molecule has 17 heavy (non-hydrogen) atoms. The molecule has 0 aliphatic rings. The van der Waals surface area contributed by atoms with Crippen molar-refractivity contribution in [2.24, 2.45) is 0 Å². The van der Waals surface area contributed by atoms with Crippen LogP contribution < -0.4 is 4.72 Å². The second kappa shape index (κ2) is 5.24. The van der Waals surface area contributed by atoms with E-state index in [4.69, 9.17) is 4.42 Å². The Kier molecular flexibility index (Phi) is 4.40. The maximum atomic E-state index is 11.8. The minimum atomic E-state index is -3.68. The molecule has 1 aromatic rings. The summed E-state index contributed by atoms with van der Waals surface area (Å²) in [6, 6.07) is 2.58. The molecule has 0 atom stereocenters. The number of thioether (sulfide) groups is 1. The number of nitrogens with one attached hydrogen (secondary N) is 1. The lowest BCUT2D eigenvalue weighted by Crippen LogP contribution is -2.35. The van der Waals surface area contributed by atoms with E-state index < -0.39 is 10.0 Å². The van der Waals surface area contributed by atoms with Gasteiger partial charge in [0.1, 0.15) is 0 Å². The zero-order valence-electron chi connectivity index (χ0n) is 9.89. The first-order valence-electron chi connectivity index (χ1n) is 4.90. The van der Waals surface area contributed by atoms with E-state index in [1.54, 1.807) is 11.8 Å². The predicted octanol–water partition coefficient (Wildman–Crippen LogP) is 1.51. The van der Waals surface area contributed by atoms with Crippen LogP contribution in [0.25, 0.3) is 0 Å². The first kappa shape index (κ1) is 14.3. The van der Waals surface area contributed by atoms with E-state index in [1.165, 1.54) is 12.1 Å². The Balaban J connectivity index is 2.79. The van der Waals surface area contributed by atoms with Crippen LogP contribution in [0.2, 0.25) is 0 Å². The molecule has 1 heterocycles. The lowest BCUT2D eigenvalue weighted by molar-refractivity contribution is 0.109. The molecule has 0 aromatic carbocycles. The number of rotatable bonds is 6. The van der Waals surface area contributed by atoms with E-state index in [2.05, 4.69) is 4.72 Å². The van der Waals surface area contributed by atoms with Gasteiger partial charge in [0.25, 0.3) is 10.0 Å². The van der Waals surface area contributed by atoms with Gasteiger partial charge in [-0.15, -0.1) is 0 Å². The number of aldehydes is 1. The molecule has 1 N–H and O–H groups in total. The quantitative estimate of drug-likeness (QED) is 0.798. The molecule has 0 unspecified atom stereocenters. The summed E-state index contributed by atoms with van der Waals surface area (Å²) >= 11 is 1.56. The maximum absolute atomic E-state index is 11.8. The first-order valence-corrected chi connectivity index (χ1v) is 7.61. The fraction of sp³-hybridized carbons (Fsp3) is 0.500. The standard InChI is InChI=1S/C10H15NO4S2/c1-10(2,16-3)7-11-17(13,14)9-5-4-8(6-12)15-9/h4-6,11H,7H2,1-3H3. The van der Waals surface area contributed by atoms with E-state index in [1.807, 2.05) is 20.1 Å². The summed E-state index contributed by atoms with van der Waals surface area (Å²) in [7, 11) is -3.68. The predicted molar refractivity (Wildman–Crippen MR) is 66.9 cm³/mol. The zero-order chi connectivity index (χ0) is 13.1. The van der Waals surface area contributed by atoms with Crippen molar-refractivity contribution in [2.75, 3.05) is 12.8 Å². The van der Waals surface area contributed by atoms with Crippen LogP contribution in [0.15, 0.2) is 21.6 Å². The third-order valence-corrected chi connectivity index (χ3v) is 4.75. The van der Waals surface area contributed by atoms with Crippen LogP contribution in [-0.2, 0) is 10.0 Å². The Labute approximate surface area is 105 Å². The highest BCUT2D eigenvalue weighted by molar-refractivity contribution is 8.00. The topological polar surface area (TPSA) is 76.4 Å². The number of hydrogen-bond donors (Lipinski definition) is 1. The number of carbonyl (C=O) groups excluding carboxylic acids is 1. The molecule has 0 fully saturated rings. The minimum absolute atomic E-state index is 0.00509. The van der Waals surface area contributed by atoms with E-state index in [-0.39, 0.29) is 22.1 Å². The fourth-order valence-corrected chi connectivity index (χ4v) is 2.41. The number of hydrogen-bond acceptors (Lipinski definition) is 5. The molecule has 0 aliphatic heterocycles. The molecule has 0 radical (unpaired) electrons. The average molecular weight is 277 g/mol. The molecule has 5 nitrogen and oxygen atoms in total. The summed E-state index contributed by atoms with van der Waals surface area (Å²) in [5, 5.41) is -0.239. The van der Waals surface area contributed by atoms with Gasteiger partial charge in [0.15, 0.2) is 12.0 Å². The molecular formula is C10H15NO4S2. The second-order valence-electron chi connectivity index (χ2n) is 4.06. The molecular weight excluding hydrogens is 262 g/mol. The van der Waals surface area contributed by atoms with Crippen molar-refractivity contribution in [1.29, 1.82) is 0 Å². The summed E-state index contributed by atoms with van der Waals surface area (Å²) in [4.78, 5) is 10.4. The third kappa shape index (κ3) is 3.86. The summed E-state index contributed by atoms with van der Waals surface area (Å²) < 4.78 is 30.7. The first-order chi connectivity index (χ1) is 7.80. The van der Waals surface area contributed by atoms with Gasteiger partial charge in [-0.25, -0.2) is 13.1 Å². The summed E-state index contributed by atoms with van der Waals surface area (Å²) in [5.74, 6) is -0.00509. The van der Waals surface area contributed by atoms with E-state index in [0.29, 0.717) is 6.29 Å². The van der Waals surface area contributed by atoms with Gasteiger partial charge in [-0.05, 0) is 32.2 Å².